The minimum atomic E-state index is -0.537. The summed E-state index contributed by atoms with van der Waals surface area (Å²) in [6, 6.07) is 7.71. The Labute approximate surface area is 88.8 Å². The van der Waals surface area contributed by atoms with Gasteiger partial charge in [-0.15, -0.1) is 0 Å². The first-order chi connectivity index (χ1) is 7.13. The van der Waals surface area contributed by atoms with Gasteiger partial charge in [-0.3, -0.25) is 10.0 Å². The van der Waals surface area contributed by atoms with E-state index in [1.165, 1.54) is 11.6 Å². The Bertz CT molecular complexity index is 373. The average molecular weight is 206 g/mol. The number of nitrogens with zero attached hydrogens (tertiary/aromatic N) is 1. The molecule has 1 amide bonds. The lowest BCUT2D eigenvalue weighted by molar-refractivity contribution is -0.124. The molecule has 0 aliphatic heterocycles. The third kappa shape index (κ3) is 3.44. The number of hydrogen-bond acceptors (Lipinski definition) is 3. The summed E-state index contributed by atoms with van der Waals surface area (Å²) in [5.41, 5.74) is 3.50. The third-order valence-corrected chi connectivity index (χ3v) is 1.92. The first kappa shape index (κ1) is 11.3. The molecule has 4 heteroatoms. The molecule has 0 unspecified atom stereocenters. The van der Waals surface area contributed by atoms with Crippen molar-refractivity contribution in [1.82, 2.24) is 5.48 Å². The summed E-state index contributed by atoms with van der Waals surface area (Å²) >= 11 is 0. The number of carbonyl (C=O) groups is 1. The molecule has 0 atom stereocenters. The highest BCUT2D eigenvalue weighted by molar-refractivity contribution is 5.90. The number of rotatable bonds is 3. The van der Waals surface area contributed by atoms with Crippen LogP contribution >= 0.6 is 0 Å². The van der Waals surface area contributed by atoms with Gasteiger partial charge < -0.3 is 4.90 Å². The maximum absolute atomic E-state index is 10.7. The van der Waals surface area contributed by atoms with Crippen molar-refractivity contribution in [3.05, 3.63) is 35.9 Å². The average Bonchev–Trinajstić information content (AvgIpc) is 2.26. The molecule has 0 aliphatic carbocycles. The van der Waals surface area contributed by atoms with Crippen LogP contribution in [0.2, 0.25) is 0 Å². The molecule has 0 bridgehead atoms. The van der Waals surface area contributed by atoms with Crippen molar-refractivity contribution in [3.63, 3.8) is 0 Å². The van der Waals surface area contributed by atoms with Crippen LogP contribution in [0.25, 0.3) is 6.08 Å². The van der Waals surface area contributed by atoms with Gasteiger partial charge in [0.25, 0.3) is 5.91 Å². The van der Waals surface area contributed by atoms with Gasteiger partial charge >= 0.3 is 0 Å². The van der Waals surface area contributed by atoms with Gasteiger partial charge in [-0.25, -0.2) is 5.48 Å². The van der Waals surface area contributed by atoms with E-state index < -0.39 is 5.91 Å². The lowest BCUT2D eigenvalue weighted by Gasteiger charge is -2.12. The minimum Gasteiger partial charge on any atom is -0.378 e. The van der Waals surface area contributed by atoms with E-state index in [1.807, 2.05) is 43.3 Å². The summed E-state index contributed by atoms with van der Waals surface area (Å²) in [6.45, 7) is 0. The first-order valence-electron chi connectivity index (χ1n) is 4.53. The number of hydrogen-bond donors (Lipinski definition) is 2. The molecule has 2 N–H and O–H groups in total. The zero-order valence-corrected chi connectivity index (χ0v) is 8.77. The molecule has 0 aromatic heterocycles. The largest absolute Gasteiger partial charge is 0.378 e. The lowest BCUT2D eigenvalue weighted by Crippen LogP contribution is -2.14. The molecule has 1 aromatic rings. The lowest BCUT2D eigenvalue weighted by atomic mass is 10.2. The predicted octanol–water partition coefficient (Wildman–Crippen LogP) is 1.27. The molecular formula is C11H14N2O2. The maximum atomic E-state index is 10.7. The van der Waals surface area contributed by atoms with E-state index in [4.69, 9.17) is 5.21 Å². The minimum absolute atomic E-state index is 0.537. The van der Waals surface area contributed by atoms with Crippen molar-refractivity contribution in [2.75, 3.05) is 19.0 Å². The molecule has 0 saturated heterocycles. The summed E-state index contributed by atoms with van der Waals surface area (Å²) in [4.78, 5) is 12.7. The van der Waals surface area contributed by atoms with Crippen molar-refractivity contribution < 1.29 is 10.0 Å². The number of anilines is 1. The highest BCUT2D eigenvalue weighted by Crippen LogP contribution is 2.14. The van der Waals surface area contributed by atoms with E-state index in [-0.39, 0.29) is 0 Å². The molecule has 0 aliphatic rings. The number of amides is 1. The SMILES string of the molecule is CN(C)c1cccc(/C=C/C(=O)NO)c1. The Balaban J connectivity index is 2.82. The van der Waals surface area contributed by atoms with Gasteiger partial charge in [0.05, 0.1) is 0 Å². The van der Waals surface area contributed by atoms with Crippen molar-refractivity contribution in [2.24, 2.45) is 0 Å². The van der Waals surface area contributed by atoms with Gasteiger partial charge in [0.2, 0.25) is 0 Å². The quantitative estimate of drug-likeness (QED) is 0.445. The van der Waals surface area contributed by atoms with E-state index in [9.17, 15) is 4.79 Å². The fraction of sp³-hybridized carbons (Fsp3) is 0.182. The Hall–Kier alpha value is -1.81. The van der Waals surface area contributed by atoms with Crippen LogP contribution in [-0.2, 0) is 4.79 Å². The molecular weight excluding hydrogens is 192 g/mol. The Morgan fingerprint density at radius 2 is 2.20 bits per heavy atom. The van der Waals surface area contributed by atoms with Crippen LogP contribution in [0.4, 0.5) is 5.69 Å². The van der Waals surface area contributed by atoms with E-state index in [1.54, 1.807) is 6.08 Å². The Morgan fingerprint density at radius 3 is 2.80 bits per heavy atom. The van der Waals surface area contributed by atoms with E-state index >= 15 is 0 Å². The van der Waals surface area contributed by atoms with E-state index in [0.29, 0.717) is 0 Å². The van der Waals surface area contributed by atoms with E-state index in [0.717, 1.165) is 11.3 Å². The summed E-state index contributed by atoms with van der Waals surface area (Å²) in [5, 5.41) is 8.30. The maximum Gasteiger partial charge on any atom is 0.267 e. The second kappa shape index (κ2) is 5.17. The predicted molar refractivity (Wildman–Crippen MR) is 59.7 cm³/mol. The summed E-state index contributed by atoms with van der Waals surface area (Å²) in [5.74, 6) is -0.537. The summed E-state index contributed by atoms with van der Waals surface area (Å²) in [7, 11) is 3.90. The van der Waals surface area contributed by atoms with Crippen LogP contribution < -0.4 is 10.4 Å². The van der Waals surface area contributed by atoms with Crippen molar-refractivity contribution in [3.8, 4) is 0 Å². The molecule has 80 valence electrons. The van der Waals surface area contributed by atoms with Gasteiger partial charge in [-0.1, -0.05) is 12.1 Å². The van der Waals surface area contributed by atoms with Crippen LogP contribution in [0, 0.1) is 0 Å². The zero-order chi connectivity index (χ0) is 11.3. The third-order valence-electron chi connectivity index (χ3n) is 1.92. The number of hydroxylamine groups is 1. The van der Waals surface area contributed by atoms with Crippen LogP contribution in [0.3, 0.4) is 0 Å². The smallest absolute Gasteiger partial charge is 0.267 e. The monoisotopic (exact) mass is 206 g/mol. The second-order valence-corrected chi connectivity index (χ2v) is 3.30. The fourth-order valence-electron chi connectivity index (χ4n) is 1.12. The number of benzene rings is 1. The topological polar surface area (TPSA) is 52.6 Å². The number of carbonyl (C=O) groups excluding carboxylic acids is 1. The standard InChI is InChI=1S/C11H14N2O2/c1-13(2)10-5-3-4-9(8-10)6-7-11(14)12-15/h3-8,15H,1-2H3,(H,12,14)/b7-6+. The number of nitrogens with one attached hydrogen (secondary N) is 1. The molecule has 0 fully saturated rings. The zero-order valence-electron chi connectivity index (χ0n) is 8.77. The molecule has 0 spiro atoms. The normalized spacial score (nSPS) is 10.3. The van der Waals surface area contributed by atoms with E-state index in [2.05, 4.69) is 0 Å². The fourth-order valence-corrected chi connectivity index (χ4v) is 1.12. The van der Waals surface area contributed by atoms with Crippen molar-refractivity contribution in [1.29, 1.82) is 0 Å². The van der Waals surface area contributed by atoms with Crippen LogP contribution in [-0.4, -0.2) is 25.2 Å². The van der Waals surface area contributed by atoms with Crippen molar-refractivity contribution in [2.45, 2.75) is 0 Å². The first-order valence-corrected chi connectivity index (χ1v) is 4.53. The Morgan fingerprint density at radius 1 is 1.47 bits per heavy atom. The van der Waals surface area contributed by atoms with Crippen molar-refractivity contribution >= 4 is 17.7 Å². The van der Waals surface area contributed by atoms with Gasteiger partial charge in [0.15, 0.2) is 0 Å². The molecule has 4 nitrogen and oxygen atoms in total. The molecule has 0 radical (unpaired) electrons. The van der Waals surface area contributed by atoms with Gasteiger partial charge in [-0.2, -0.15) is 0 Å². The molecule has 1 aromatic carbocycles. The summed E-state index contributed by atoms with van der Waals surface area (Å²) in [6.07, 6.45) is 2.91. The highest BCUT2D eigenvalue weighted by Gasteiger charge is 1.95. The van der Waals surface area contributed by atoms with Crippen LogP contribution in [0.15, 0.2) is 30.3 Å². The molecule has 0 saturated carbocycles. The Kier molecular flexibility index (Phi) is 3.88. The second-order valence-electron chi connectivity index (χ2n) is 3.30. The van der Waals surface area contributed by atoms with Crippen LogP contribution in [0.5, 0.6) is 0 Å². The molecule has 15 heavy (non-hydrogen) atoms. The van der Waals surface area contributed by atoms with Gasteiger partial charge in [0, 0.05) is 25.9 Å². The van der Waals surface area contributed by atoms with Gasteiger partial charge in [-0.05, 0) is 23.8 Å². The highest BCUT2D eigenvalue weighted by atomic mass is 16.5. The summed E-state index contributed by atoms with van der Waals surface area (Å²) < 4.78 is 0. The molecule has 0 heterocycles. The van der Waals surface area contributed by atoms with Crippen LogP contribution in [0.1, 0.15) is 5.56 Å². The van der Waals surface area contributed by atoms with Gasteiger partial charge in [0.1, 0.15) is 0 Å². The molecule has 1 rings (SSSR count).